The molecule has 3 heteroatoms. The summed E-state index contributed by atoms with van der Waals surface area (Å²) in [7, 11) is 1.55. The van der Waals surface area contributed by atoms with Crippen LogP contribution in [0, 0.1) is 0 Å². The predicted molar refractivity (Wildman–Crippen MR) is 69.7 cm³/mol. The minimum absolute atomic E-state index is 0.122. The number of hydrogen-bond donors (Lipinski definition) is 1. The normalized spacial score (nSPS) is 8.06. The van der Waals surface area contributed by atoms with Crippen molar-refractivity contribution in [3.63, 3.8) is 0 Å². The summed E-state index contributed by atoms with van der Waals surface area (Å²) in [6, 6.07) is 0. The van der Waals surface area contributed by atoms with E-state index in [-0.39, 0.29) is 6.61 Å². The van der Waals surface area contributed by atoms with E-state index >= 15 is 0 Å². The monoisotopic (exact) mass is 232 g/mol. The third kappa shape index (κ3) is 50.6. The molecule has 0 aliphatic rings. The number of methoxy groups -OCH3 is 1. The van der Waals surface area contributed by atoms with Gasteiger partial charge in [-0.05, 0) is 20.3 Å². The Morgan fingerprint density at radius 2 is 1.94 bits per heavy atom. The number of allylic oxidation sites excluding steroid dienone is 1. The maximum absolute atomic E-state index is 10.3. The topological polar surface area (TPSA) is 46.5 Å². The van der Waals surface area contributed by atoms with Crippen molar-refractivity contribution in [3.8, 4) is 0 Å². The molecule has 0 fully saturated rings. The standard InChI is InChI=1S/C7H14O.C3H8O2.C3H6/c1-3-4-5-6-7(2)8;1-5-3-2-4;1-3-2/h3-6H2,1-2H3;4H,2-3H2,1H3;3H,1H2,2H3. The van der Waals surface area contributed by atoms with Gasteiger partial charge in [0.15, 0.2) is 0 Å². The third-order valence-electron chi connectivity index (χ3n) is 1.43. The zero-order valence-electron chi connectivity index (χ0n) is 11.3. The molecular weight excluding hydrogens is 204 g/mol. The molecule has 0 aromatic carbocycles. The molecule has 0 aliphatic carbocycles. The van der Waals surface area contributed by atoms with Gasteiger partial charge in [0.25, 0.3) is 0 Å². The average molecular weight is 232 g/mol. The molecule has 0 heterocycles. The van der Waals surface area contributed by atoms with Crippen molar-refractivity contribution >= 4 is 5.78 Å². The van der Waals surface area contributed by atoms with Crippen LogP contribution in [0.2, 0.25) is 0 Å². The lowest BCUT2D eigenvalue weighted by molar-refractivity contribution is -0.117. The number of carbonyl (C=O) groups is 1. The highest BCUT2D eigenvalue weighted by molar-refractivity contribution is 5.75. The Balaban J connectivity index is -0.000000181. The van der Waals surface area contributed by atoms with Crippen molar-refractivity contribution in [3.05, 3.63) is 12.7 Å². The lowest BCUT2D eigenvalue weighted by Crippen LogP contribution is -1.91. The molecule has 0 aromatic rings. The summed E-state index contributed by atoms with van der Waals surface area (Å²) in [6.07, 6.45) is 5.99. The fourth-order valence-corrected chi connectivity index (χ4v) is 0.715. The van der Waals surface area contributed by atoms with E-state index in [0.717, 1.165) is 12.8 Å². The molecule has 0 amide bonds. The number of unbranched alkanes of at least 4 members (excludes halogenated alkanes) is 2. The summed E-state index contributed by atoms with van der Waals surface area (Å²) in [5.74, 6) is 0.318. The van der Waals surface area contributed by atoms with Gasteiger partial charge in [0.2, 0.25) is 0 Å². The Bertz CT molecular complexity index is 131. The van der Waals surface area contributed by atoms with Gasteiger partial charge in [-0.25, -0.2) is 0 Å². The highest BCUT2D eigenvalue weighted by Gasteiger charge is 1.89. The summed E-state index contributed by atoms with van der Waals surface area (Å²) >= 11 is 0. The van der Waals surface area contributed by atoms with Gasteiger partial charge in [0.05, 0.1) is 13.2 Å². The van der Waals surface area contributed by atoms with Gasteiger partial charge in [-0.2, -0.15) is 0 Å². The van der Waals surface area contributed by atoms with E-state index in [1.54, 1.807) is 20.1 Å². The highest BCUT2D eigenvalue weighted by Crippen LogP contribution is 1.98. The van der Waals surface area contributed by atoms with Gasteiger partial charge in [-0.1, -0.05) is 25.8 Å². The molecule has 98 valence electrons. The zero-order chi connectivity index (χ0) is 13.2. The molecule has 0 rings (SSSR count). The maximum atomic E-state index is 10.3. The molecule has 1 N–H and O–H groups in total. The van der Waals surface area contributed by atoms with Crippen molar-refractivity contribution < 1.29 is 14.6 Å². The number of carbonyl (C=O) groups excluding carboxylic acids is 1. The van der Waals surface area contributed by atoms with E-state index in [0.29, 0.717) is 12.4 Å². The Hall–Kier alpha value is -0.670. The van der Waals surface area contributed by atoms with Crippen LogP contribution in [0.25, 0.3) is 0 Å². The Morgan fingerprint density at radius 3 is 2.12 bits per heavy atom. The van der Waals surface area contributed by atoms with Gasteiger partial charge in [-0.15, -0.1) is 6.58 Å². The fraction of sp³-hybridized carbons (Fsp3) is 0.769. The number of hydrogen-bond acceptors (Lipinski definition) is 3. The molecule has 16 heavy (non-hydrogen) atoms. The average Bonchev–Trinajstić information content (AvgIpc) is 2.21. The van der Waals surface area contributed by atoms with E-state index in [1.165, 1.54) is 12.8 Å². The predicted octanol–water partition coefficient (Wildman–Crippen LogP) is 2.97. The first-order chi connectivity index (χ1) is 7.60. The van der Waals surface area contributed by atoms with Crippen molar-refractivity contribution in [2.45, 2.75) is 46.5 Å². The van der Waals surface area contributed by atoms with Gasteiger partial charge < -0.3 is 14.6 Å². The first-order valence-corrected chi connectivity index (χ1v) is 5.76. The van der Waals surface area contributed by atoms with Crippen LogP contribution in [-0.2, 0) is 9.53 Å². The van der Waals surface area contributed by atoms with Crippen molar-refractivity contribution in [1.29, 1.82) is 0 Å². The lowest BCUT2D eigenvalue weighted by Gasteiger charge is -1.90. The molecule has 3 nitrogen and oxygen atoms in total. The molecule has 0 spiro atoms. The van der Waals surface area contributed by atoms with Crippen molar-refractivity contribution in [2.75, 3.05) is 20.3 Å². The van der Waals surface area contributed by atoms with Crippen LogP contribution in [0.15, 0.2) is 12.7 Å². The number of ether oxygens (including phenoxy) is 1. The SMILES string of the molecule is C=CC.CCCCCC(C)=O.COCCO. The first-order valence-electron chi connectivity index (χ1n) is 5.76. The minimum atomic E-state index is 0.122. The van der Waals surface area contributed by atoms with Crippen LogP contribution >= 0.6 is 0 Å². The molecular formula is C13H28O3. The van der Waals surface area contributed by atoms with E-state index < -0.39 is 0 Å². The molecule has 0 saturated heterocycles. The van der Waals surface area contributed by atoms with Crippen LogP contribution in [0.4, 0.5) is 0 Å². The quantitative estimate of drug-likeness (QED) is 0.565. The fourth-order valence-electron chi connectivity index (χ4n) is 0.715. The van der Waals surface area contributed by atoms with E-state index in [4.69, 9.17) is 5.11 Å². The number of aliphatic hydroxyl groups excluding tert-OH is 1. The first kappa shape index (κ1) is 20.7. The molecule has 0 atom stereocenters. The Kier molecular flexibility index (Phi) is 30.9. The van der Waals surface area contributed by atoms with Gasteiger partial charge in [-0.3, -0.25) is 0 Å². The molecule has 0 aliphatic heterocycles. The van der Waals surface area contributed by atoms with Gasteiger partial charge in [0.1, 0.15) is 5.78 Å². The molecule has 0 bridgehead atoms. The van der Waals surface area contributed by atoms with Crippen LogP contribution in [0.5, 0.6) is 0 Å². The van der Waals surface area contributed by atoms with Gasteiger partial charge >= 0.3 is 0 Å². The number of Topliss-reactive ketones (excluding diaryl/α,β-unsaturated/α-hetero) is 1. The van der Waals surface area contributed by atoms with Crippen LogP contribution in [-0.4, -0.2) is 31.2 Å². The van der Waals surface area contributed by atoms with E-state index in [9.17, 15) is 4.79 Å². The number of ketones is 1. The summed E-state index contributed by atoms with van der Waals surface area (Å²) in [5, 5.41) is 7.94. The summed E-state index contributed by atoms with van der Waals surface area (Å²) < 4.78 is 4.44. The van der Waals surface area contributed by atoms with Gasteiger partial charge in [0, 0.05) is 13.5 Å². The number of rotatable bonds is 6. The highest BCUT2D eigenvalue weighted by atomic mass is 16.5. The maximum Gasteiger partial charge on any atom is 0.129 e. The largest absolute Gasteiger partial charge is 0.394 e. The van der Waals surface area contributed by atoms with Crippen LogP contribution < -0.4 is 0 Å². The summed E-state index contributed by atoms with van der Waals surface area (Å²) in [6.45, 7) is 9.60. The van der Waals surface area contributed by atoms with Crippen molar-refractivity contribution in [1.82, 2.24) is 0 Å². The molecule has 0 aromatic heterocycles. The second kappa shape index (κ2) is 23.9. The summed E-state index contributed by atoms with van der Waals surface area (Å²) in [5.41, 5.74) is 0. The Morgan fingerprint density at radius 1 is 1.44 bits per heavy atom. The second-order valence-electron chi connectivity index (χ2n) is 3.28. The van der Waals surface area contributed by atoms with Crippen molar-refractivity contribution in [2.24, 2.45) is 0 Å². The molecule has 0 saturated carbocycles. The van der Waals surface area contributed by atoms with E-state index in [2.05, 4.69) is 18.2 Å². The summed E-state index contributed by atoms with van der Waals surface area (Å²) in [4.78, 5) is 10.3. The smallest absolute Gasteiger partial charge is 0.129 e. The molecule has 0 unspecified atom stereocenters. The van der Waals surface area contributed by atoms with E-state index in [1.807, 2.05) is 6.92 Å². The third-order valence-corrected chi connectivity index (χ3v) is 1.43. The Labute approximate surface area is 101 Å². The van der Waals surface area contributed by atoms with Crippen LogP contribution in [0.3, 0.4) is 0 Å². The lowest BCUT2D eigenvalue weighted by atomic mass is 10.2. The van der Waals surface area contributed by atoms with Crippen LogP contribution in [0.1, 0.15) is 46.5 Å². The minimum Gasteiger partial charge on any atom is -0.394 e. The molecule has 0 radical (unpaired) electrons. The number of aliphatic hydroxyl groups is 1. The zero-order valence-corrected chi connectivity index (χ0v) is 11.3. The second-order valence-corrected chi connectivity index (χ2v) is 3.28.